The first-order valence-electron chi connectivity index (χ1n) is 11.1. The third kappa shape index (κ3) is 4.41. The third-order valence-electron chi connectivity index (χ3n) is 6.98. The number of nitrogens with zero attached hydrogens (tertiary/aromatic N) is 1. The van der Waals surface area contributed by atoms with Crippen molar-refractivity contribution in [1.29, 1.82) is 0 Å². The van der Waals surface area contributed by atoms with Crippen molar-refractivity contribution in [3.05, 3.63) is 41.4 Å². The number of likely N-dealkylation sites (tertiary alicyclic amines) is 1. The molecule has 7 nitrogen and oxygen atoms in total. The molecule has 8 heteroatoms. The Balaban J connectivity index is 2.04. The number of allylic oxidation sites excluding steroid dienone is 1. The highest BCUT2D eigenvalue weighted by Crippen LogP contribution is 2.45. The number of amides is 3. The standard InChI is InChI=1S/C24H32ClN3O4/c1-5-13(2)18(12-29)28-21(23(31)27-16-9-7-15(25)8-10-16)17-11-6-14(3)19(22(30)26-4)20(17)24(28)32/h6-11,13-14,17-21,29H,5,12H2,1-4H3,(H,26,30)(H,27,31)/t13-,14+,17-,18-,19+,20-,21-/m0/s1. The average molecular weight is 462 g/mol. The summed E-state index contributed by atoms with van der Waals surface area (Å²) in [4.78, 5) is 41.5. The number of fused-ring (bicyclic) bond motifs is 1. The summed E-state index contributed by atoms with van der Waals surface area (Å²) in [5, 5.41) is 16.3. The SMILES string of the molecule is CC[C@H](C)[C@H](CO)N1C(=O)[C@H]2[C@H](C=C[C@@H](C)[C@H]2C(=O)NC)[C@H]1C(=O)Nc1ccc(Cl)cc1. The van der Waals surface area contributed by atoms with E-state index in [1.54, 1.807) is 31.3 Å². The largest absolute Gasteiger partial charge is 0.394 e. The molecule has 0 aromatic heterocycles. The van der Waals surface area contributed by atoms with Gasteiger partial charge in [-0.15, -0.1) is 0 Å². The van der Waals surface area contributed by atoms with Gasteiger partial charge >= 0.3 is 0 Å². The molecule has 1 aromatic carbocycles. The summed E-state index contributed by atoms with van der Waals surface area (Å²) in [6, 6.07) is 5.40. The summed E-state index contributed by atoms with van der Waals surface area (Å²) >= 11 is 5.95. The number of hydrogen-bond donors (Lipinski definition) is 3. The van der Waals surface area contributed by atoms with Crippen LogP contribution >= 0.6 is 11.6 Å². The predicted octanol–water partition coefficient (Wildman–Crippen LogP) is 2.70. The molecule has 3 N–H and O–H groups in total. The van der Waals surface area contributed by atoms with Crippen LogP contribution in [0.15, 0.2) is 36.4 Å². The zero-order valence-corrected chi connectivity index (χ0v) is 19.7. The number of nitrogens with one attached hydrogen (secondary N) is 2. The Morgan fingerprint density at radius 2 is 1.84 bits per heavy atom. The van der Waals surface area contributed by atoms with Crippen LogP contribution in [-0.2, 0) is 14.4 Å². The Bertz CT molecular complexity index is 888. The fourth-order valence-corrected chi connectivity index (χ4v) is 5.15. The van der Waals surface area contributed by atoms with E-state index in [0.29, 0.717) is 10.7 Å². The van der Waals surface area contributed by atoms with Crippen LogP contribution in [0.1, 0.15) is 27.2 Å². The summed E-state index contributed by atoms with van der Waals surface area (Å²) in [6.07, 6.45) is 4.54. The Morgan fingerprint density at radius 3 is 2.41 bits per heavy atom. The molecule has 3 amide bonds. The maximum absolute atomic E-state index is 13.8. The summed E-state index contributed by atoms with van der Waals surface area (Å²) in [6.45, 7) is 5.59. The van der Waals surface area contributed by atoms with E-state index in [-0.39, 0.29) is 36.2 Å². The minimum atomic E-state index is -0.828. The van der Waals surface area contributed by atoms with Gasteiger partial charge in [0, 0.05) is 23.7 Å². The molecular formula is C24H32ClN3O4. The van der Waals surface area contributed by atoms with Crippen molar-refractivity contribution in [2.45, 2.75) is 39.3 Å². The normalized spacial score (nSPS) is 28.8. The lowest BCUT2D eigenvalue weighted by Crippen LogP contribution is -2.52. The van der Waals surface area contributed by atoms with Crippen molar-refractivity contribution < 1.29 is 19.5 Å². The van der Waals surface area contributed by atoms with Crippen LogP contribution < -0.4 is 10.6 Å². The number of aliphatic hydroxyl groups excluding tert-OH is 1. The predicted molar refractivity (Wildman–Crippen MR) is 124 cm³/mol. The summed E-state index contributed by atoms with van der Waals surface area (Å²) in [5.74, 6) is -2.67. The van der Waals surface area contributed by atoms with Crippen molar-refractivity contribution in [3.63, 3.8) is 0 Å². The molecule has 1 aliphatic carbocycles. The van der Waals surface area contributed by atoms with Gasteiger partial charge in [0.15, 0.2) is 0 Å². The van der Waals surface area contributed by atoms with E-state index < -0.39 is 29.8 Å². The summed E-state index contributed by atoms with van der Waals surface area (Å²) < 4.78 is 0. The van der Waals surface area contributed by atoms with E-state index in [1.165, 1.54) is 4.90 Å². The lowest BCUT2D eigenvalue weighted by molar-refractivity contribution is -0.143. The third-order valence-corrected chi connectivity index (χ3v) is 7.24. The number of hydrogen-bond acceptors (Lipinski definition) is 4. The van der Waals surface area contributed by atoms with Gasteiger partial charge in [0.2, 0.25) is 17.7 Å². The molecule has 0 spiro atoms. The molecule has 1 saturated heterocycles. The fourth-order valence-electron chi connectivity index (χ4n) is 5.03. The fraction of sp³-hybridized carbons (Fsp3) is 0.542. The number of anilines is 1. The molecule has 0 radical (unpaired) electrons. The molecule has 3 rings (SSSR count). The number of carbonyl (C=O) groups excluding carboxylic acids is 3. The first-order valence-corrected chi connectivity index (χ1v) is 11.5. The second-order valence-electron chi connectivity index (χ2n) is 8.81. The van der Waals surface area contributed by atoms with Crippen LogP contribution in [0.25, 0.3) is 0 Å². The number of carbonyl (C=O) groups is 3. The molecule has 1 aliphatic heterocycles. The molecule has 2 aliphatic rings. The molecule has 1 aromatic rings. The van der Waals surface area contributed by atoms with Gasteiger partial charge in [-0.25, -0.2) is 0 Å². The Hall–Kier alpha value is -2.38. The minimum Gasteiger partial charge on any atom is -0.394 e. The summed E-state index contributed by atoms with van der Waals surface area (Å²) in [5.41, 5.74) is 0.565. The molecule has 0 unspecified atom stereocenters. The zero-order valence-electron chi connectivity index (χ0n) is 18.9. The smallest absolute Gasteiger partial charge is 0.247 e. The quantitative estimate of drug-likeness (QED) is 0.543. The molecular weight excluding hydrogens is 430 g/mol. The van der Waals surface area contributed by atoms with Crippen LogP contribution in [0.4, 0.5) is 5.69 Å². The van der Waals surface area contributed by atoms with Crippen LogP contribution in [0.5, 0.6) is 0 Å². The lowest BCUT2D eigenvalue weighted by Gasteiger charge is -2.36. The molecule has 0 bridgehead atoms. The first-order chi connectivity index (χ1) is 15.2. The van der Waals surface area contributed by atoms with Gasteiger partial charge < -0.3 is 20.6 Å². The Kier molecular flexibility index (Phi) is 7.62. The van der Waals surface area contributed by atoms with Gasteiger partial charge in [-0.3, -0.25) is 14.4 Å². The van der Waals surface area contributed by atoms with Crippen LogP contribution in [0.2, 0.25) is 5.02 Å². The van der Waals surface area contributed by atoms with E-state index in [1.807, 2.05) is 32.9 Å². The molecule has 32 heavy (non-hydrogen) atoms. The van der Waals surface area contributed by atoms with E-state index in [4.69, 9.17) is 11.6 Å². The zero-order chi connectivity index (χ0) is 23.6. The van der Waals surface area contributed by atoms with E-state index in [9.17, 15) is 19.5 Å². The molecule has 7 atom stereocenters. The van der Waals surface area contributed by atoms with Gasteiger partial charge in [0.1, 0.15) is 6.04 Å². The maximum atomic E-state index is 13.8. The molecule has 174 valence electrons. The topological polar surface area (TPSA) is 98.7 Å². The summed E-state index contributed by atoms with van der Waals surface area (Å²) in [7, 11) is 1.56. The lowest BCUT2D eigenvalue weighted by atomic mass is 9.70. The van der Waals surface area contributed by atoms with Crippen LogP contribution in [0.3, 0.4) is 0 Å². The van der Waals surface area contributed by atoms with Crippen LogP contribution in [-0.4, -0.2) is 53.5 Å². The van der Waals surface area contributed by atoms with Gasteiger partial charge in [-0.1, -0.05) is 50.9 Å². The number of benzene rings is 1. The van der Waals surface area contributed by atoms with Crippen molar-refractivity contribution in [2.24, 2.45) is 29.6 Å². The second-order valence-corrected chi connectivity index (χ2v) is 9.25. The van der Waals surface area contributed by atoms with E-state index in [0.717, 1.165) is 6.42 Å². The van der Waals surface area contributed by atoms with Crippen molar-refractivity contribution in [3.8, 4) is 0 Å². The Labute approximate surface area is 194 Å². The highest BCUT2D eigenvalue weighted by atomic mass is 35.5. The molecule has 1 heterocycles. The van der Waals surface area contributed by atoms with Gasteiger partial charge in [0.05, 0.1) is 24.5 Å². The van der Waals surface area contributed by atoms with Crippen LogP contribution in [0, 0.1) is 29.6 Å². The Morgan fingerprint density at radius 1 is 1.19 bits per heavy atom. The average Bonchev–Trinajstić information content (AvgIpc) is 3.07. The number of aliphatic hydroxyl groups is 1. The van der Waals surface area contributed by atoms with Crippen molar-refractivity contribution in [1.82, 2.24) is 10.2 Å². The highest BCUT2D eigenvalue weighted by Gasteiger charge is 2.58. The van der Waals surface area contributed by atoms with E-state index in [2.05, 4.69) is 10.6 Å². The molecule has 1 fully saturated rings. The van der Waals surface area contributed by atoms with Gasteiger partial charge in [0.25, 0.3) is 0 Å². The first kappa shape index (κ1) is 24.3. The van der Waals surface area contributed by atoms with E-state index >= 15 is 0 Å². The number of rotatable bonds is 7. The number of halogens is 1. The highest BCUT2D eigenvalue weighted by molar-refractivity contribution is 6.30. The molecule has 0 saturated carbocycles. The monoisotopic (exact) mass is 461 g/mol. The second kappa shape index (κ2) is 10.0. The van der Waals surface area contributed by atoms with Crippen molar-refractivity contribution in [2.75, 3.05) is 19.0 Å². The van der Waals surface area contributed by atoms with Gasteiger partial charge in [-0.2, -0.15) is 0 Å². The minimum absolute atomic E-state index is 0.0187. The van der Waals surface area contributed by atoms with Gasteiger partial charge in [-0.05, 0) is 36.1 Å². The van der Waals surface area contributed by atoms with Crippen molar-refractivity contribution >= 4 is 35.0 Å². The maximum Gasteiger partial charge on any atom is 0.247 e.